The van der Waals surface area contributed by atoms with Crippen LogP contribution in [0.3, 0.4) is 0 Å². The fraction of sp³-hybridized carbons (Fsp3) is 0.471. The number of aromatic nitrogens is 1. The molecule has 0 aromatic carbocycles. The molecule has 1 aliphatic rings. The Morgan fingerprint density at radius 2 is 2.00 bits per heavy atom. The lowest BCUT2D eigenvalue weighted by Gasteiger charge is -2.34. The number of piperazine rings is 1. The van der Waals surface area contributed by atoms with Crippen molar-refractivity contribution in [2.24, 2.45) is 7.05 Å². The molecular formula is C17H24N4OS. The molecule has 3 rings (SSSR count). The average molecular weight is 332 g/mol. The normalized spacial score (nSPS) is 15.8. The number of amides is 2. The summed E-state index contributed by atoms with van der Waals surface area (Å²) in [6.07, 6.45) is 0. The summed E-state index contributed by atoms with van der Waals surface area (Å²) in [6, 6.07) is 6.35. The molecule has 0 saturated carbocycles. The highest BCUT2D eigenvalue weighted by atomic mass is 32.1. The zero-order valence-corrected chi connectivity index (χ0v) is 14.6. The van der Waals surface area contributed by atoms with Crippen molar-refractivity contribution in [2.75, 3.05) is 26.2 Å². The van der Waals surface area contributed by atoms with Crippen LogP contribution in [0.4, 0.5) is 4.79 Å². The third-order valence-corrected chi connectivity index (χ3v) is 5.28. The summed E-state index contributed by atoms with van der Waals surface area (Å²) in [7, 11) is 2.03. The second-order valence-corrected chi connectivity index (χ2v) is 6.86. The van der Waals surface area contributed by atoms with E-state index in [9.17, 15) is 4.79 Å². The summed E-state index contributed by atoms with van der Waals surface area (Å²) in [4.78, 5) is 16.6. The lowest BCUT2D eigenvalue weighted by atomic mass is 10.2. The van der Waals surface area contributed by atoms with E-state index in [1.165, 1.54) is 11.3 Å². The second-order valence-electron chi connectivity index (χ2n) is 6.08. The van der Waals surface area contributed by atoms with Gasteiger partial charge >= 0.3 is 6.03 Å². The van der Waals surface area contributed by atoms with Crippen LogP contribution in [0.2, 0.25) is 0 Å². The van der Waals surface area contributed by atoms with E-state index in [4.69, 9.17) is 0 Å². The van der Waals surface area contributed by atoms with Gasteiger partial charge in [-0.05, 0) is 41.4 Å². The van der Waals surface area contributed by atoms with Crippen molar-refractivity contribution in [3.63, 3.8) is 0 Å². The molecule has 0 spiro atoms. The van der Waals surface area contributed by atoms with Crippen molar-refractivity contribution in [1.29, 1.82) is 0 Å². The summed E-state index contributed by atoms with van der Waals surface area (Å²) >= 11 is 1.74. The fourth-order valence-corrected chi connectivity index (χ4v) is 3.53. The largest absolute Gasteiger partial charge is 0.350 e. The highest BCUT2D eigenvalue weighted by molar-refractivity contribution is 7.07. The van der Waals surface area contributed by atoms with Gasteiger partial charge in [-0.2, -0.15) is 11.3 Å². The molecule has 124 valence electrons. The fourth-order valence-electron chi connectivity index (χ4n) is 2.87. The van der Waals surface area contributed by atoms with E-state index in [1.54, 1.807) is 11.3 Å². The van der Waals surface area contributed by atoms with Gasteiger partial charge in [0.1, 0.15) is 0 Å². The van der Waals surface area contributed by atoms with E-state index >= 15 is 0 Å². The monoisotopic (exact) mass is 332 g/mol. The van der Waals surface area contributed by atoms with Gasteiger partial charge < -0.3 is 14.8 Å². The third-order valence-electron chi connectivity index (χ3n) is 4.54. The Morgan fingerprint density at radius 1 is 1.22 bits per heavy atom. The van der Waals surface area contributed by atoms with Gasteiger partial charge in [0.15, 0.2) is 0 Å². The predicted octanol–water partition coefficient (Wildman–Crippen LogP) is 2.42. The average Bonchev–Trinajstić information content (AvgIpc) is 3.17. The topological polar surface area (TPSA) is 40.5 Å². The van der Waals surface area contributed by atoms with E-state index < -0.39 is 0 Å². The molecule has 2 aromatic rings. The van der Waals surface area contributed by atoms with Gasteiger partial charge in [0.05, 0.1) is 6.54 Å². The molecule has 23 heavy (non-hydrogen) atoms. The first-order chi connectivity index (χ1) is 11.1. The second kappa shape index (κ2) is 7.19. The summed E-state index contributed by atoms with van der Waals surface area (Å²) in [5.41, 5.74) is 3.70. The smallest absolute Gasteiger partial charge is 0.317 e. The molecule has 0 atom stereocenters. The lowest BCUT2D eigenvalue weighted by Crippen LogP contribution is -2.51. The number of hydrogen-bond donors (Lipinski definition) is 1. The molecule has 3 heterocycles. The molecule has 0 bridgehead atoms. The van der Waals surface area contributed by atoms with Crippen LogP contribution in [-0.2, 0) is 20.1 Å². The number of urea groups is 1. The van der Waals surface area contributed by atoms with Gasteiger partial charge in [0.2, 0.25) is 0 Å². The van der Waals surface area contributed by atoms with E-state index in [0.717, 1.165) is 38.4 Å². The number of thiophene rings is 1. The Hall–Kier alpha value is -1.79. The number of nitrogens with zero attached hydrogens (tertiary/aromatic N) is 3. The summed E-state index contributed by atoms with van der Waals surface area (Å²) in [5.74, 6) is 0. The number of rotatable bonds is 4. The van der Waals surface area contributed by atoms with Crippen molar-refractivity contribution in [3.8, 4) is 0 Å². The molecule has 0 radical (unpaired) electrons. The molecule has 2 amide bonds. The SMILES string of the molecule is Cc1ccc(CNC(=O)N2CCN(Cc3ccsc3)CC2)n1C. The molecule has 1 N–H and O–H groups in total. The number of aryl methyl sites for hydroxylation is 1. The maximum absolute atomic E-state index is 12.3. The predicted molar refractivity (Wildman–Crippen MR) is 93.6 cm³/mol. The summed E-state index contributed by atoms with van der Waals surface area (Å²) in [6.45, 7) is 7.10. The molecular weight excluding hydrogens is 308 g/mol. The van der Waals surface area contributed by atoms with Gasteiger partial charge in [0.25, 0.3) is 0 Å². The Balaban J connectivity index is 1.44. The number of nitrogens with one attached hydrogen (secondary N) is 1. The van der Waals surface area contributed by atoms with Gasteiger partial charge in [-0.3, -0.25) is 4.90 Å². The first-order valence-corrected chi connectivity index (χ1v) is 8.95. The van der Waals surface area contributed by atoms with E-state index in [1.807, 2.05) is 11.9 Å². The molecule has 1 aliphatic heterocycles. The van der Waals surface area contributed by atoms with E-state index in [0.29, 0.717) is 6.54 Å². The van der Waals surface area contributed by atoms with Crippen LogP contribution < -0.4 is 5.32 Å². The minimum Gasteiger partial charge on any atom is -0.350 e. The van der Waals surface area contributed by atoms with E-state index in [2.05, 4.69) is 50.7 Å². The lowest BCUT2D eigenvalue weighted by molar-refractivity contribution is 0.135. The summed E-state index contributed by atoms with van der Waals surface area (Å²) < 4.78 is 2.11. The zero-order chi connectivity index (χ0) is 16.2. The van der Waals surface area contributed by atoms with Crippen molar-refractivity contribution in [2.45, 2.75) is 20.0 Å². The Labute approximate surface area is 141 Å². The van der Waals surface area contributed by atoms with Crippen LogP contribution >= 0.6 is 11.3 Å². The minimum atomic E-state index is 0.0408. The van der Waals surface area contributed by atoms with Crippen LogP contribution in [0.15, 0.2) is 29.0 Å². The van der Waals surface area contributed by atoms with Crippen molar-refractivity contribution < 1.29 is 4.79 Å². The van der Waals surface area contributed by atoms with Crippen molar-refractivity contribution in [3.05, 3.63) is 45.9 Å². The summed E-state index contributed by atoms with van der Waals surface area (Å²) in [5, 5.41) is 7.34. The molecule has 2 aromatic heterocycles. The van der Waals surface area contributed by atoms with Crippen LogP contribution in [0.1, 0.15) is 17.0 Å². The van der Waals surface area contributed by atoms with E-state index in [-0.39, 0.29) is 6.03 Å². The number of carbonyl (C=O) groups excluding carboxylic acids is 1. The van der Waals surface area contributed by atoms with Crippen LogP contribution in [0.25, 0.3) is 0 Å². The van der Waals surface area contributed by atoms with Gasteiger partial charge in [-0.25, -0.2) is 4.79 Å². The first-order valence-electron chi connectivity index (χ1n) is 8.01. The highest BCUT2D eigenvalue weighted by Gasteiger charge is 2.21. The Morgan fingerprint density at radius 3 is 2.61 bits per heavy atom. The van der Waals surface area contributed by atoms with Crippen molar-refractivity contribution >= 4 is 17.4 Å². The molecule has 1 fully saturated rings. The van der Waals surface area contributed by atoms with Gasteiger partial charge in [-0.15, -0.1) is 0 Å². The van der Waals surface area contributed by atoms with Crippen molar-refractivity contribution in [1.82, 2.24) is 19.7 Å². The van der Waals surface area contributed by atoms with Gasteiger partial charge in [-0.1, -0.05) is 0 Å². The standard InChI is InChI=1S/C17H24N4OS/c1-14-3-4-16(19(14)2)11-18-17(22)21-8-6-20(7-9-21)12-15-5-10-23-13-15/h3-5,10,13H,6-9,11-12H2,1-2H3,(H,18,22). The van der Waals surface area contributed by atoms with Crippen LogP contribution in [0, 0.1) is 6.92 Å². The zero-order valence-electron chi connectivity index (χ0n) is 13.8. The molecule has 1 saturated heterocycles. The minimum absolute atomic E-state index is 0.0408. The van der Waals surface area contributed by atoms with Crippen LogP contribution in [0.5, 0.6) is 0 Å². The Bertz CT molecular complexity index is 642. The number of carbonyl (C=O) groups is 1. The first kappa shape index (κ1) is 16.1. The maximum Gasteiger partial charge on any atom is 0.317 e. The molecule has 5 nitrogen and oxygen atoms in total. The number of hydrogen-bond acceptors (Lipinski definition) is 3. The van der Waals surface area contributed by atoms with Crippen LogP contribution in [-0.4, -0.2) is 46.6 Å². The molecule has 0 aliphatic carbocycles. The Kier molecular flexibility index (Phi) is 5.03. The molecule has 6 heteroatoms. The quantitative estimate of drug-likeness (QED) is 0.934. The highest BCUT2D eigenvalue weighted by Crippen LogP contribution is 2.12. The maximum atomic E-state index is 12.3. The molecule has 0 unspecified atom stereocenters. The van der Waals surface area contributed by atoms with Gasteiger partial charge in [0, 0.05) is 51.2 Å². The third kappa shape index (κ3) is 3.95.